The van der Waals surface area contributed by atoms with Crippen molar-refractivity contribution in [2.24, 2.45) is 5.73 Å². The summed E-state index contributed by atoms with van der Waals surface area (Å²) in [4.78, 5) is 10.2. The summed E-state index contributed by atoms with van der Waals surface area (Å²) in [6.07, 6.45) is 0. The first-order valence-corrected chi connectivity index (χ1v) is 6.53. The van der Waals surface area contributed by atoms with E-state index in [1.807, 2.05) is 20.8 Å². The van der Waals surface area contributed by atoms with Crippen LogP contribution in [0.4, 0.5) is 10.1 Å². The number of aromatic nitrogens is 2. The van der Waals surface area contributed by atoms with Gasteiger partial charge < -0.3 is 5.73 Å². The molecule has 1 atom stereocenters. The van der Waals surface area contributed by atoms with E-state index in [2.05, 4.69) is 5.10 Å². The lowest BCUT2D eigenvalue weighted by atomic mass is 10.1. The maximum atomic E-state index is 13.4. The summed E-state index contributed by atoms with van der Waals surface area (Å²) in [6, 6.07) is 3.37. The highest BCUT2D eigenvalue weighted by atomic mass is 19.1. The molecule has 1 heterocycles. The van der Waals surface area contributed by atoms with Crippen LogP contribution >= 0.6 is 0 Å². The predicted octanol–water partition coefficient (Wildman–Crippen LogP) is 2.62. The number of nitro benzene ring substituents is 1. The minimum Gasteiger partial charge on any atom is -0.324 e. The molecular weight excluding hydrogens is 275 g/mol. The highest BCUT2D eigenvalue weighted by Gasteiger charge is 2.16. The van der Waals surface area contributed by atoms with Crippen LogP contribution in [0.2, 0.25) is 0 Å². The van der Waals surface area contributed by atoms with Gasteiger partial charge in [0, 0.05) is 23.4 Å². The Morgan fingerprint density at radius 3 is 2.62 bits per heavy atom. The quantitative estimate of drug-likeness (QED) is 0.693. The van der Waals surface area contributed by atoms with Gasteiger partial charge in [-0.2, -0.15) is 5.10 Å². The van der Waals surface area contributed by atoms with Crippen LogP contribution in [0, 0.1) is 29.8 Å². The van der Waals surface area contributed by atoms with Gasteiger partial charge in [-0.3, -0.25) is 14.8 Å². The molecule has 7 heteroatoms. The van der Waals surface area contributed by atoms with E-state index in [0.29, 0.717) is 5.56 Å². The zero-order valence-electron chi connectivity index (χ0n) is 12.1. The second-order valence-corrected chi connectivity index (χ2v) is 5.11. The summed E-state index contributed by atoms with van der Waals surface area (Å²) >= 11 is 0. The molecule has 1 aromatic heterocycles. The Morgan fingerprint density at radius 2 is 2.10 bits per heavy atom. The van der Waals surface area contributed by atoms with Gasteiger partial charge in [0.15, 0.2) is 0 Å². The first-order valence-electron chi connectivity index (χ1n) is 6.53. The molecule has 2 rings (SSSR count). The smallest absolute Gasteiger partial charge is 0.272 e. The molecule has 0 spiro atoms. The van der Waals surface area contributed by atoms with Gasteiger partial charge in [-0.1, -0.05) is 0 Å². The number of non-ortho nitro benzene ring substituents is 1. The van der Waals surface area contributed by atoms with Crippen LogP contribution in [-0.2, 0) is 6.54 Å². The average molecular weight is 292 g/mol. The molecule has 6 nitrogen and oxygen atoms in total. The maximum Gasteiger partial charge on any atom is 0.272 e. The van der Waals surface area contributed by atoms with Crippen molar-refractivity contribution in [1.82, 2.24) is 9.78 Å². The van der Waals surface area contributed by atoms with Gasteiger partial charge in [-0.15, -0.1) is 0 Å². The minimum absolute atomic E-state index is 0.152. The molecule has 0 amide bonds. The number of nitrogens with two attached hydrogens (primary N) is 1. The van der Waals surface area contributed by atoms with Gasteiger partial charge in [0.05, 0.1) is 23.2 Å². The Bertz CT molecular complexity index is 695. The minimum atomic E-state index is -0.631. The molecule has 21 heavy (non-hydrogen) atoms. The van der Waals surface area contributed by atoms with Gasteiger partial charge in [0.1, 0.15) is 5.82 Å². The summed E-state index contributed by atoms with van der Waals surface area (Å²) in [7, 11) is 0. The maximum absolute atomic E-state index is 13.4. The van der Waals surface area contributed by atoms with Gasteiger partial charge in [0.2, 0.25) is 0 Å². The Morgan fingerprint density at radius 1 is 1.43 bits per heavy atom. The van der Waals surface area contributed by atoms with Crippen molar-refractivity contribution >= 4 is 5.69 Å². The topological polar surface area (TPSA) is 87.0 Å². The number of aryl methyl sites for hydroxylation is 1. The number of hydrogen-bond acceptors (Lipinski definition) is 4. The molecule has 112 valence electrons. The molecule has 1 aromatic carbocycles. The highest BCUT2D eigenvalue weighted by Crippen LogP contribution is 2.22. The molecule has 2 N–H and O–H groups in total. The van der Waals surface area contributed by atoms with E-state index in [1.165, 1.54) is 12.1 Å². The molecule has 0 fully saturated rings. The Hall–Kier alpha value is -2.28. The Labute approximate surface area is 121 Å². The Balaban J connectivity index is 2.39. The molecule has 0 aliphatic rings. The first-order chi connectivity index (χ1) is 9.79. The summed E-state index contributed by atoms with van der Waals surface area (Å²) in [5.41, 5.74) is 8.77. The molecule has 0 aliphatic heterocycles. The number of nitrogens with zero attached hydrogens (tertiary/aromatic N) is 3. The lowest BCUT2D eigenvalue weighted by molar-refractivity contribution is -0.385. The average Bonchev–Trinajstić information content (AvgIpc) is 2.63. The van der Waals surface area contributed by atoms with Crippen molar-refractivity contribution < 1.29 is 9.31 Å². The molecule has 0 saturated carbocycles. The van der Waals surface area contributed by atoms with Crippen molar-refractivity contribution in [2.75, 3.05) is 0 Å². The molecule has 0 radical (unpaired) electrons. The number of nitro groups is 1. The van der Waals surface area contributed by atoms with Crippen molar-refractivity contribution in [1.29, 1.82) is 0 Å². The van der Waals surface area contributed by atoms with Gasteiger partial charge >= 0.3 is 0 Å². The fourth-order valence-electron chi connectivity index (χ4n) is 2.53. The summed E-state index contributed by atoms with van der Waals surface area (Å²) < 4.78 is 15.1. The van der Waals surface area contributed by atoms with Crippen molar-refractivity contribution in [3.8, 4) is 0 Å². The van der Waals surface area contributed by atoms with Gasteiger partial charge in [-0.25, -0.2) is 4.39 Å². The van der Waals surface area contributed by atoms with Crippen LogP contribution in [0.25, 0.3) is 0 Å². The van der Waals surface area contributed by atoms with E-state index in [0.717, 1.165) is 23.0 Å². The lowest BCUT2D eigenvalue weighted by Gasteiger charge is -2.08. The second-order valence-electron chi connectivity index (χ2n) is 5.11. The first kappa shape index (κ1) is 15.1. The lowest BCUT2D eigenvalue weighted by Crippen LogP contribution is -2.09. The molecule has 0 saturated heterocycles. The largest absolute Gasteiger partial charge is 0.324 e. The van der Waals surface area contributed by atoms with Crippen LogP contribution in [0.15, 0.2) is 18.2 Å². The SMILES string of the molecule is Cc1nn(Cc2cc(F)cc([N+](=O)[O-])c2)c(C)c1C(C)N. The fourth-order valence-corrected chi connectivity index (χ4v) is 2.53. The monoisotopic (exact) mass is 292 g/mol. The molecule has 2 aromatic rings. The van der Waals surface area contributed by atoms with Crippen LogP contribution in [0.5, 0.6) is 0 Å². The molecule has 0 bridgehead atoms. The number of rotatable bonds is 4. The Kier molecular flexibility index (Phi) is 4.04. The number of benzene rings is 1. The van der Waals surface area contributed by atoms with Crippen molar-refractivity contribution in [3.05, 3.63) is 56.6 Å². The van der Waals surface area contributed by atoms with E-state index in [4.69, 9.17) is 5.73 Å². The predicted molar refractivity (Wildman–Crippen MR) is 76.5 cm³/mol. The van der Waals surface area contributed by atoms with E-state index in [-0.39, 0.29) is 18.3 Å². The standard InChI is InChI=1S/C14H17FN4O2/c1-8(16)14-9(2)17-18(10(14)3)7-11-4-12(15)6-13(5-11)19(20)21/h4-6,8H,7,16H2,1-3H3. The van der Waals surface area contributed by atoms with Crippen LogP contribution in [0.1, 0.15) is 35.5 Å². The van der Waals surface area contributed by atoms with E-state index < -0.39 is 10.7 Å². The molecule has 0 aliphatic carbocycles. The molecule has 1 unspecified atom stereocenters. The van der Waals surface area contributed by atoms with Crippen molar-refractivity contribution in [2.45, 2.75) is 33.4 Å². The van der Waals surface area contributed by atoms with Crippen molar-refractivity contribution in [3.63, 3.8) is 0 Å². The summed E-state index contributed by atoms with van der Waals surface area (Å²) in [6.45, 7) is 5.87. The number of hydrogen-bond donors (Lipinski definition) is 1. The third kappa shape index (κ3) is 3.08. The second kappa shape index (κ2) is 5.61. The normalized spacial score (nSPS) is 12.4. The van der Waals surface area contributed by atoms with Gasteiger partial charge in [-0.05, 0) is 32.4 Å². The van der Waals surface area contributed by atoms with E-state index in [9.17, 15) is 14.5 Å². The van der Waals surface area contributed by atoms with Crippen LogP contribution in [-0.4, -0.2) is 14.7 Å². The molecular formula is C14H17FN4O2. The number of halogens is 1. The third-order valence-corrected chi connectivity index (χ3v) is 3.38. The summed E-state index contributed by atoms with van der Waals surface area (Å²) in [5, 5.41) is 15.1. The van der Waals surface area contributed by atoms with E-state index >= 15 is 0 Å². The fraction of sp³-hybridized carbons (Fsp3) is 0.357. The van der Waals surface area contributed by atoms with Gasteiger partial charge in [0.25, 0.3) is 5.69 Å². The zero-order chi connectivity index (χ0) is 15.7. The third-order valence-electron chi connectivity index (χ3n) is 3.38. The zero-order valence-corrected chi connectivity index (χ0v) is 12.1. The van der Waals surface area contributed by atoms with E-state index in [1.54, 1.807) is 4.68 Å². The van der Waals surface area contributed by atoms with Crippen LogP contribution in [0.3, 0.4) is 0 Å². The summed E-state index contributed by atoms with van der Waals surface area (Å²) in [5.74, 6) is -0.631. The van der Waals surface area contributed by atoms with Crippen LogP contribution < -0.4 is 5.73 Å². The highest BCUT2D eigenvalue weighted by molar-refractivity contribution is 5.36.